The minimum atomic E-state index is 0.181. The van der Waals surface area contributed by atoms with Gasteiger partial charge in [0.25, 0.3) is 0 Å². The van der Waals surface area contributed by atoms with Gasteiger partial charge in [-0.15, -0.1) is 0 Å². The summed E-state index contributed by atoms with van der Waals surface area (Å²) in [6.07, 6.45) is 3.52. The molecule has 7 nitrogen and oxygen atoms in total. The molecule has 162 valence electrons. The van der Waals surface area contributed by atoms with Crippen molar-refractivity contribution in [2.75, 3.05) is 18.1 Å². The summed E-state index contributed by atoms with van der Waals surface area (Å²) in [7, 11) is 0. The van der Waals surface area contributed by atoms with E-state index in [0.717, 1.165) is 56.5 Å². The van der Waals surface area contributed by atoms with Crippen molar-refractivity contribution in [3.63, 3.8) is 0 Å². The molecule has 6 N–H and O–H groups in total. The first-order valence-electron chi connectivity index (χ1n) is 10.8. The number of rotatable bonds is 6. The van der Waals surface area contributed by atoms with Crippen molar-refractivity contribution >= 4 is 33.6 Å². The van der Waals surface area contributed by atoms with Crippen molar-refractivity contribution in [2.24, 2.45) is 0 Å². The fourth-order valence-electron chi connectivity index (χ4n) is 4.31. The summed E-state index contributed by atoms with van der Waals surface area (Å²) in [5.74, 6) is 1.47. The van der Waals surface area contributed by atoms with E-state index in [9.17, 15) is 0 Å². The fourth-order valence-corrected chi connectivity index (χ4v) is 4.31. The molecular weight excluding hydrogens is 400 g/mol. The molecule has 0 aliphatic carbocycles. The van der Waals surface area contributed by atoms with Crippen LogP contribution >= 0.6 is 0 Å². The van der Waals surface area contributed by atoms with Gasteiger partial charge in [-0.2, -0.15) is 4.98 Å². The molecule has 5 rings (SSSR count). The number of fused-ring (bicyclic) bond motifs is 2. The molecule has 0 atom stereocenters. The number of aryl methyl sites for hydroxylation is 2. The molecule has 0 bridgehead atoms. The van der Waals surface area contributed by atoms with Gasteiger partial charge in [-0.05, 0) is 68.7 Å². The molecule has 0 saturated carbocycles. The highest BCUT2D eigenvalue weighted by atomic mass is 16.5. The van der Waals surface area contributed by atoms with Crippen molar-refractivity contribution in [2.45, 2.75) is 26.7 Å². The fraction of sp³-hybridized carbons (Fsp3) is 0.200. The number of nitrogens with two attached hydrogens (primary N) is 2. The van der Waals surface area contributed by atoms with Crippen LogP contribution in [0, 0.1) is 6.92 Å². The van der Waals surface area contributed by atoms with Gasteiger partial charge in [0, 0.05) is 44.8 Å². The maximum absolute atomic E-state index is 6.33. The van der Waals surface area contributed by atoms with Gasteiger partial charge < -0.3 is 26.2 Å². The number of benzene rings is 2. The summed E-state index contributed by atoms with van der Waals surface area (Å²) in [4.78, 5) is 15.5. The van der Waals surface area contributed by atoms with Crippen LogP contribution < -0.4 is 16.2 Å². The number of hydrogen-bond donors (Lipinski definition) is 4. The van der Waals surface area contributed by atoms with Crippen molar-refractivity contribution in [3.05, 3.63) is 65.5 Å². The van der Waals surface area contributed by atoms with Crippen LogP contribution in [0.5, 0.6) is 5.75 Å². The largest absolute Gasteiger partial charge is 0.494 e. The zero-order valence-electron chi connectivity index (χ0n) is 18.2. The van der Waals surface area contributed by atoms with E-state index in [1.165, 1.54) is 5.56 Å². The lowest BCUT2D eigenvalue weighted by Crippen LogP contribution is -2.08. The van der Waals surface area contributed by atoms with Gasteiger partial charge in [-0.25, -0.2) is 4.98 Å². The Bertz CT molecular complexity index is 1430. The standard InChI is InChI=1S/C25H26N6O/c1-3-32-18-6-9-22-20(12-18)16(13-28-22)4-7-19-23(30-25(27)31-24(19)26)15-5-8-21-17(11-15)10-14(2)29-21/h5-6,8-13,28-29H,3-4,7H2,1-2H3,(H4,26,27,30,31). The second-order valence-corrected chi connectivity index (χ2v) is 8.00. The number of aromatic nitrogens is 4. The van der Waals surface area contributed by atoms with Gasteiger partial charge in [0.1, 0.15) is 11.6 Å². The molecule has 0 radical (unpaired) electrons. The Morgan fingerprint density at radius 2 is 1.81 bits per heavy atom. The third kappa shape index (κ3) is 3.62. The molecule has 0 aliphatic rings. The Hall–Kier alpha value is -4.00. The average molecular weight is 427 g/mol. The van der Waals surface area contributed by atoms with Crippen LogP contribution in [0.25, 0.3) is 33.1 Å². The molecule has 3 heterocycles. The highest BCUT2D eigenvalue weighted by Crippen LogP contribution is 2.31. The number of H-pyrrole nitrogens is 2. The lowest BCUT2D eigenvalue weighted by Gasteiger charge is -2.12. The second-order valence-electron chi connectivity index (χ2n) is 8.00. The number of aromatic amines is 2. The Labute approximate surface area is 185 Å². The number of nitrogens with one attached hydrogen (secondary N) is 2. The van der Waals surface area contributed by atoms with Gasteiger partial charge in [0.15, 0.2) is 0 Å². The molecule has 5 aromatic rings. The van der Waals surface area contributed by atoms with E-state index in [-0.39, 0.29) is 5.95 Å². The Balaban J connectivity index is 1.51. The predicted octanol–water partition coefficient (Wildman–Crippen LogP) is 4.76. The van der Waals surface area contributed by atoms with Crippen LogP contribution in [0.2, 0.25) is 0 Å². The van der Waals surface area contributed by atoms with Crippen LogP contribution in [-0.2, 0) is 12.8 Å². The van der Waals surface area contributed by atoms with Gasteiger partial charge in [-0.3, -0.25) is 0 Å². The third-order valence-electron chi connectivity index (χ3n) is 5.78. The normalized spacial score (nSPS) is 11.4. The number of hydrogen-bond acceptors (Lipinski definition) is 5. The SMILES string of the molecule is CCOc1ccc2[nH]cc(CCc3c(N)nc(N)nc3-c3ccc4[nH]c(C)cc4c3)c2c1. The van der Waals surface area contributed by atoms with Gasteiger partial charge in [-0.1, -0.05) is 6.07 Å². The summed E-state index contributed by atoms with van der Waals surface area (Å²) >= 11 is 0. The first-order chi connectivity index (χ1) is 15.5. The topological polar surface area (TPSA) is 119 Å². The number of ether oxygens (including phenoxy) is 1. The van der Waals surface area contributed by atoms with Crippen molar-refractivity contribution in [1.29, 1.82) is 0 Å². The first kappa shape index (κ1) is 19.9. The van der Waals surface area contributed by atoms with Crippen molar-refractivity contribution in [3.8, 4) is 17.0 Å². The molecule has 0 saturated heterocycles. The third-order valence-corrected chi connectivity index (χ3v) is 5.78. The predicted molar refractivity (Wildman–Crippen MR) is 130 cm³/mol. The van der Waals surface area contributed by atoms with Crippen molar-refractivity contribution in [1.82, 2.24) is 19.9 Å². The van der Waals surface area contributed by atoms with E-state index in [1.54, 1.807) is 0 Å². The van der Waals surface area contributed by atoms with Crippen LogP contribution in [0.1, 0.15) is 23.7 Å². The lowest BCUT2D eigenvalue weighted by atomic mass is 9.98. The molecule has 0 fully saturated rings. The second kappa shape index (κ2) is 7.92. The van der Waals surface area contributed by atoms with E-state index in [4.69, 9.17) is 16.2 Å². The van der Waals surface area contributed by atoms with Gasteiger partial charge in [0.2, 0.25) is 5.95 Å². The van der Waals surface area contributed by atoms with E-state index < -0.39 is 0 Å². The van der Waals surface area contributed by atoms with E-state index in [1.807, 2.05) is 38.2 Å². The maximum atomic E-state index is 6.33. The molecule has 3 aromatic heterocycles. The Kier molecular flexibility index (Phi) is 4.93. The highest BCUT2D eigenvalue weighted by molar-refractivity contribution is 5.87. The first-order valence-corrected chi connectivity index (χ1v) is 10.8. The average Bonchev–Trinajstić information content (AvgIpc) is 3.34. The minimum absolute atomic E-state index is 0.181. The number of nitrogens with zero attached hydrogens (tertiary/aromatic N) is 2. The molecule has 0 spiro atoms. The zero-order chi connectivity index (χ0) is 22.2. The van der Waals surface area contributed by atoms with Crippen LogP contribution in [0.3, 0.4) is 0 Å². The molecule has 0 unspecified atom stereocenters. The Morgan fingerprint density at radius 3 is 2.66 bits per heavy atom. The highest BCUT2D eigenvalue weighted by Gasteiger charge is 2.16. The van der Waals surface area contributed by atoms with Gasteiger partial charge in [0.05, 0.1) is 12.3 Å². The maximum Gasteiger partial charge on any atom is 0.222 e. The summed E-state index contributed by atoms with van der Waals surface area (Å²) < 4.78 is 5.68. The van der Waals surface area contributed by atoms with Crippen LogP contribution in [-0.4, -0.2) is 26.5 Å². The lowest BCUT2D eigenvalue weighted by molar-refractivity contribution is 0.340. The summed E-state index contributed by atoms with van der Waals surface area (Å²) in [5, 5.41) is 2.28. The monoisotopic (exact) mass is 426 g/mol. The van der Waals surface area contributed by atoms with E-state index >= 15 is 0 Å². The number of nitrogen functional groups attached to an aromatic ring is 2. The van der Waals surface area contributed by atoms with E-state index in [2.05, 4.69) is 44.2 Å². The van der Waals surface area contributed by atoms with Crippen molar-refractivity contribution < 1.29 is 4.74 Å². The van der Waals surface area contributed by atoms with Gasteiger partial charge >= 0.3 is 0 Å². The molecule has 32 heavy (non-hydrogen) atoms. The zero-order valence-corrected chi connectivity index (χ0v) is 18.2. The van der Waals surface area contributed by atoms with Crippen LogP contribution in [0.4, 0.5) is 11.8 Å². The summed E-state index contributed by atoms with van der Waals surface area (Å²) in [5.41, 5.74) is 19.4. The summed E-state index contributed by atoms with van der Waals surface area (Å²) in [6, 6.07) is 14.4. The smallest absolute Gasteiger partial charge is 0.222 e. The molecule has 0 amide bonds. The molecular formula is C25H26N6O. The minimum Gasteiger partial charge on any atom is -0.494 e. The molecule has 7 heteroatoms. The quantitative estimate of drug-likeness (QED) is 0.312. The number of anilines is 2. The molecule has 2 aromatic carbocycles. The Morgan fingerprint density at radius 1 is 0.969 bits per heavy atom. The van der Waals surface area contributed by atoms with Crippen LogP contribution in [0.15, 0.2) is 48.7 Å². The molecule has 0 aliphatic heterocycles. The summed E-state index contributed by atoms with van der Waals surface area (Å²) in [6.45, 7) is 4.67. The van der Waals surface area contributed by atoms with E-state index in [0.29, 0.717) is 18.8 Å².